The maximum Gasteiger partial charge on any atom is 0.277 e. The number of rotatable bonds is 3. The first kappa shape index (κ1) is 21.0. The Bertz CT molecular complexity index is 1140. The molecule has 0 bridgehead atoms. The molecular weight excluding hydrogens is 408 g/mol. The molecule has 2 N–H and O–H groups in total. The van der Waals surface area contributed by atoms with Gasteiger partial charge < -0.3 is 5.11 Å². The first-order valence-electron chi connectivity index (χ1n) is 11.8. The van der Waals surface area contributed by atoms with Crippen molar-refractivity contribution in [2.45, 2.75) is 90.1 Å². The number of nitrogens with zero attached hydrogens (tertiary/aromatic N) is 3. The number of Topliss-reactive ketones (excluding diaryl/α,β-unsaturated/α-hetero) is 1. The lowest BCUT2D eigenvalue weighted by Gasteiger charge is -2.28. The molecule has 1 aliphatic heterocycles. The summed E-state index contributed by atoms with van der Waals surface area (Å²) in [5, 5.41) is 19.9. The largest absolute Gasteiger partial charge is 0.506 e. The molecule has 2 fully saturated rings. The Kier molecular flexibility index (Phi) is 5.18. The SMILES string of the molecule is CC1=NN(C2CCCCC2)C(=O)C1=C1C(=O)C(c2c(C)[nH]n(C3CCCCC3)c2=O)=C1O. The van der Waals surface area contributed by atoms with Crippen LogP contribution >= 0.6 is 0 Å². The predicted octanol–water partition coefficient (Wildman–Crippen LogP) is 3.69. The maximum absolute atomic E-state index is 13.2. The second-order valence-corrected chi connectivity index (χ2v) is 9.51. The van der Waals surface area contributed by atoms with E-state index in [-0.39, 0.29) is 51.6 Å². The van der Waals surface area contributed by atoms with E-state index in [0.29, 0.717) is 11.4 Å². The molecule has 32 heavy (non-hydrogen) atoms. The minimum atomic E-state index is -0.458. The van der Waals surface area contributed by atoms with Crippen molar-refractivity contribution in [3.05, 3.63) is 38.5 Å². The number of hydrogen-bond acceptors (Lipinski definition) is 5. The van der Waals surface area contributed by atoms with E-state index in [1.54, 1.807) is 18.5 Å². The highest BCUT2D eigenvalue weighted by atomic mass is 16.3. The van der Waals surface area contributed by atoms with Crippen LogP contribution in [0.25, 0.3) is 5.57 Å². The predicted molar refractivity (Wildman–Crippen MR) is 120 cm³/mol. The number of aliphatic hydroxyl groups excluding tert-OH is 1. The minimum Gasteiger partial charge on any atom is -0.506 e. The fourth-order valence-corrected chi connectivity index (χ4v) is 5.71. The van der Waals surface area contributed by atoms with Crippen LogP contribution in [0.5, 0.6) is 0 Å². The monoisotopic (exact) mass is 438 g/mol. The van der Waals surface area contributed by atoms with E-state index in [4.69, 9.17) is 0 Å². The molecule has 4 aliphatic rings. The number of aryl methyl sites for hydroxylation is 1. The summed E-state index contributed by atoms with van der Waals surface area (Å²) < 4.78 is 1.61. The molecule has 2 heterocycles. The second kappa shape index (κ2) is 7.90. The Hall–Kier alpha value is -2.90. The molecule has 0 saturated heterocycles. The van der Waals surface area contributed by atoms with Crippen LogP contribution in [-0.4, -0.2) is 43.3 Å². The fraction of sp³-hybridized carbons (Fsp3) is 0.583. The number of hydrazone groups is 1. The Morgan fingerprint density at radius 1 is 0.844 bits per heavy atom. The van der Waals surface area contributed by atoms with Crippen molar-refractivity contribution in [2.75, 3.05) is 0 Å². The summed E-state index contributed by atoms with van der Waals surface area (Å²) in [6, 6.07) is 0.133. The van der Waals surface area contributed by atoms with E-state index < -0.39 is 5.78 Å². The van der Waals surface area contributed by atoms with E-state index in [2.05, 4.69) is 10.2 Å². The summed E-state index contributed by atoms with van der Waals surface area (Å²) in [7, 11) is 0. The molecule has 0 spiro atoms. The average Bonchev–Trinajstić information content (AvgIpc) is 3.26. The van der Waals surface area contributed by atoms with Gasteiger partial charge in [-0.1, -0.05) is 38.5 Å². The third-order valence-corrected chi connectivity index (χ3v) is 7.43. The number of aromatic amines is 1. The summed E-state index contributed by atoms with van der Waals surface area (Å²) in [6.45, 7) is 3.44. The Labute approximate surface area is 186 Å². The van der Waals surface area contributed by atoms with Gasteiger partial charge in [-0.05, 0) is 39.5 Å². The third kappa shape index (κ3) is 3.11. The van der Waals surface area contributed by atoms with E-state index in [1.165, 1.54) is 11.4 Å². The summed E-state index contributed by atoms with van der Waals surface area (Å²) in [5.74, 6) is -1.05. The standard InChI is InChI=1S/C24H30N4O4/c1-13-17(23(31)27(25-13)15-9-5-3-6-10-15)19-21(29)20(22(19)30)18-14(2)26-28(24(18)32)16-11-7-4-8-12-16/h15-16,25,29H,3-12H2,1-2H3. The smallest absolute Gasteiger partial charge is 0.277 e. The van der Waals surface area contributed by atoms with Crippen LogP contribution in [-0.2, 0) is 9.59 Å². The molecule has 0 radical (unpaired) electrons. The lowest BCUT2D eigenvalue weighted by molar-refractivity contribution is -0.128. The van der Waals surface area contributed by atoms with Crippen LogP contribution in [0.4, 0.5) is 0 Å². The number of aromatic nitrogens is 2. The van der Waals surface area contributed by atoms with Crippen LogP contribution < -0.4 is 5.56 Å². The lowest BCUT2D eigenvalue weighted by atomic mass is 9.80. The number of nitrogens with one attached hydrogen (secondary N) is 1. The Balaban J connectivity index is 1.50. The minimum absolute atomic E-state index is 0.00576. The van der Waals surface area contributed by atoms with Gasteiger partial charge in [0, 0.05) is 5.69 Å². The summed E-state index contributed by atoms with van der Waals surface area (Å²) >= 11 is 0. The van der Waals surface area contributed by atoms with Crippen molar-refractivity contribution >= 4 is 23.0 Å². The number of carbonyl (C=O) groups is 2. The first-order valence-corrected chi connectivity index (χ1v) is 11.8. The molecule has 170 valence electrons. The molecule has 5 rings (SSSR count). The Morgan fingerprint density at radius 3 is 2.03 bits per heavy atom. The highest BCUT2D eigenvalue weighted by Gasteiger charge is 2.45. The van der Waals surface area contributed by atoms with Gasteiger partial charge in [-0.15, -0.1) is 0 Å². The van der Waals surface area contributed by atoms with Gasteiger partial charge in [-0.3, -0.25) is 19.5 Å². The number of allylic oxidation sites excluding steroid dienone is 2. The maximum atomic E-state index is 13.2. The van der Waals surface area contributed by atoms with Gasteiger partial charge in [-0.2, -0.15) is 5.10 Å². The van der Waals surface area contributed by atoms with Crippen LogP contribution in [0.2, 0.25) is 0 Å². The Morgan fingerprint density at radius 2 is 1.44 bits per heavy atom. The zero-order chi connectivity index (χ0) is 22.6. The highest BCUT2D eigenvalue weighted by molar-refractivity contribution is 6.44. The van der Waals surface area contributed by atoms with Crippen molar-refractivity contribution in [1.29, 1.82) is 0 Å². The zero-order valence-corrected chi connectivity index (χ0v) is 18.7. The van der Waals surface area contributed by atoms with Gasteiger partial charge in [-0.25, -0.2) is 9.69 Å². The molecule has 0 aromatic carbocycles. The van der Waals surface area contributed by atoms with Crippen LogP contribution in [0, 0.1) is 6.92 Å². The molecule has 3 aliphatic carbocycles. The molecule has 2 saturated carbocycles. The molecule has 1 aromatic heterocycles. The fourth-order valence-electron chi connectivity index (χ4n) is 5.71. The number of aliphatic hydroxyl groups is 1. The third-order valence-electron chi connectivity index (χ3n) is 7.43. The van der Waals surface area contributed by atoms with E-state index >= 15 is 0 Å². The van der Waals surface area contributed by atoms with E-state index in [0.717, 1.165) is 57.8 Å². The van der Waals surface area contributed by atoms with Crippen LogP contribution in [0.1, 0.15) is 88.4 Å². The van der Waals surface area contributed by atoms with E-state index in [1.807, 2.05) is 0 Å². The van der Waals surface area contributed by atoms with Crippen molar-refractivity contribution < 1.29 is 14.7 Å². The highest BCUT2D eigenvalue weighted by Crippen LogP contribution is 2.40. The molecule has 8 heteroatoms. The number of carbonyl (C=O) groups excluding carboxylic acids is 2. The summed E-state index contributed by atoms with van der Waals surface area (Å²) in [5.41, 5.74) is 1.12. The van der Waals surface area contributed by atoms with Gasteiger partial charge in [0.2, 0.25) is 5.78 Å². The van der Waals surface area contributed by atoms with Gasteiger partial charge >= 0.3 is 0 Å². The van der Waals surface area contributed by atoms with Gasteiger partial charge in [0.1, 0.15) is 5.76 Å². The number of ketones is 1. The van der Waals surface area contributed by atoms with Crippen molar-refractivity contribution in [2.24, 2.45) is 5.10 Å². The second-order valence-electron chi connectivity index (χ2n) is 9.51. The van der Waals surface area contributed by atoms with E-state index in [9.17, 15) is 19.5 Å². The van der Waals surface area contributed by atoms with Crippen molar-refractivity contribution in [3.63, 3.8) is 0 Å². The molecule has 1 aromatic rings. The quantitative estimate of drug-likeness (QED) is 0.702. The number of H-pyrrole nitrogens is 1. The van der Waals surface area contributed by atoms with Crippen molar-refractivity contribution in [1.82, 2.24) is 14.8 Å². The normalized spacial score (nSPS) is 25.6. The van der Waals surface area contributed by atoms with Crippen LogP contribution in [0.3, 0.4) is 0 Å². The number of hydrogen-bond donors (Lipinski definition) is 2. The summed E-state index contributed by atoms with van der Waals surface area (Å²) in [4.78, 5) is 39.4. The molecule has 0 atom stereocenters. The zero-order valence-electron chi connectivity index (χ0n) is 18.7. The molecule has 0 unspecified atom stereocenters. The topological polar surface area (TPSA) is 108 Å². The molecular formula is C24H30N4O4. The van der Waals surface area contributed by atoms with Gasteiger partial charge in [0.25, 0.3) is 11.5 Å². The van der Waals surface area contributed by atoms with Crippen molar-refractivity contribution in [3.8, 4) is 0 Å². The molecule has 1 amide bonds. The lowest BCUT2D eigenvalue weighted by Crippen LogP contribution is -2.37. The van der Waals surface area contributed by atoms with Crippen LogP contribution in [0.15, 0.2) is 26.8 Å². The van der Waals surface area contributed by atoms with Gasteiger partial charge in [0.15, 0.2) is 0 Å². The van der Waals surface area contributed by atoms with Gasteiger partial charge in [0.05, 0.1) is 40.1 Å². The number of amides is 1. The molecule has 8 nitrogen and oxygen atoms in total. The first-order chi connectivity index (χ1) is 15.4. The summed E-state index contributed by atoms with van der Waals surface area (Å²) in [6.07, 6.45) is 10.2. The average molecular weight is 439 g/mol.